The lowest BCUT2D eigenvalue weighted by Gasteiger charge is -2.39. The van der Waals surface area contributed by atoms with Crippen molar-refractivity contribution < 1.29 is 50.6 Å². The van der Waals surface area contributed by atoms with Crippen LogP contribution in [-0.2, 0) is 55.1 Å². The molecule has 0 radical (unpaired) electrons. The predicted molar refractivity (Wildman–Crippen MR) is 266 cm³/mol. The van der Waals surface area contributed by atoms with E-state index in [2.05, 4.69) is 77.4 Å². The molecule has 0 spiro atoms. The summed E-state index contributed by atoms with van der Waals surface area (Å²) in [5.74, 6) is -4.12. The number of aromatic nitrogens is 8. The summed E-state index contributed by atoms with van der Waals surface area (Å²) in [5.41, 5.74) is 11.8. The summed E-state index contributed by atoms with van der Waals surface area (Å²) in [4.78, 5) is 16.1. The first kappa shape index (κ1) is 52.3. The van der Waals surface area contributed by atoms with Crippen molar-refractivity contribution in [1.29, 1.82) is 0 Å². The van der Waals surface area contributed by atoms with Gasteiger partial charge in [0.25, 0.3) is 0 Å². The molecule has 0 saturated carbocycles. The zero-order valence-electron chi connectivity index (χ0n) is 38.7. The first-order valence-electron chi connectivity index (χ1n) is 22.0. The van der Waals surface area contributed by atoms with Gasteiger partial charge >= 0.3 is 3.18 Å². The average molecular weight is 1150 g/mol. The lowest BCUT2D eigenvalue weighted by Crippen LogP contribution is -2.55. The third kappa shape index (κ3) is 11.5. The Morgan fingerprint density at radius 1 is 0.710 bits per heavy atom. The third-order valence-corrected chi connectivity index (χ3v) is 11.4. The zero-order chi connectivity index (χ0) is 50.7. The Morgan fingerprint density at radius 2 is 1.14 bits per heavy atom. The predicted octanol–water partition coefficient (Wildman–Crippen LogP) is 4.56. The van der Waals surface area contributed by atoms with Crippen LogP contribution in [0.25, 0.3) is 11.3 Å². The van der Waals surface area contributed by atoms with E-state index in [0.717, 1.165) is 27.5 Å². The summed E-state index contributed by atoms with van der Waals surface area (Å²) in [6.45, 7) is 5.66. The molecule has 24 heteroatoms. The molecule has 20 nitrogen and oxygen atoms in total. The van der Waals surface area contributed by atoms with E-state index in [1.54, 1.807) is 13.8 Å². The van der Waals surface area contributed by atoms with Crippen LogP contribution < -0.4 is 11.5 Å². The van der Waals surface area contributed by atoms with Crippen molar-refractivity contribution >= 4 is 73.4 Å². The Hall–Kier alpha value is -4.54. The summed E-state index contributed by atoms with van der Waals surface area (Å²) in [6, 6.07) is 29.4. The fourth-order valence-electron chi connectivity index (χ4n) is 7.82. The molecule has 6 heterocycles. The largest absolute Gasteiger partial charge is 0.394 e. The molecule has 2 fully saturated rings. The van der Waals surface area contributed by atoms with Crippen molar-refractivity contribution in [3.8, 4) is 0 Å². The van der Waals surface area contributed by atoms with Crippen molar-refractivity contribution in [3.05, 3.63) is 144 Å². The van der Waals surface area contributed by atoms with E-state index in [1.165, 1.54) is 30.2 Å². The lowest BCUT2D eigenvalue weighted by molar-refractivity contribution is -0.294. The van der Waals surface area contributed by atoms with Gasteiger partial charge in [0.2, 0.25) is 11.6 Å². The first-order chi connectivity index (χ1) is 33.4. The topological polar surface area (TPSA) is 285 Å². The monoisotopic (exact) mass is 1140 g/mol. The standard InChI is InChI=1S/C32H33N5O5.C11H15N5O5.C2H6.BBr3/c1-31(41-20-25-15-9-4-10-16-25)28(40-19-24-13-7-3-8-14-24)26(21-39-18-23-11-5-2-6-12-23)42-32(31,38)27-17-34-30-29(33)35-22-36-37(27)30;1-10(19)7(18)5(3-17)21-11(10,20)6-2-13-9-8(12)14-4-15-16(6)9;1-2;2-1(3)4/h2-17,22,26,28,38H,18-21H2,1H3,(H2,33,35,36);2,4-5,7,17-20H,3H2,1H3,(H2,12,14,15);1-2H3;/t26-,28-,31-,32?;5-,7-,10-,11?;;/m11../s1/i;;1D;. The number of hydrogen-bond donors (Lipinski definition) is 7. The molecule has 0 aliphatic carbocycles. The van der Waals surface area contributed by atoms with Gasteiger partial charge in [-0.2, -0.15) is 10.2 Å². The summed E-state index contributed by atoms with van der Waals surface area (Å²) in [5, 5.41) is 61.1. The van der Waals surface area contributed by atoms with Crippen molar-refractivity contribution in [2.45, 2.75) is 94.7 Å². The van der Waals surface area contributed by atoms with E-state index < -0.39 is 53.8 Å². The van der Waals surface area contributed by atoms with Gasteiger partial charge in [-0.25, -0.2) is 29.0 Å². The average Bonchev–Trinajstić information content (AvgIpc) is 4.09. The van der Waals surface area contributed by atoms with Crippen molar-refractivity contribution in [2.75, 3.05) is 24.7 Å². The summed E-state index contributed by atoms with van der Waals surface area (Å²) < 4.78 is 40.1. The maximum atomic E-state index is 12.5. The highest BCUT2D eigenvalue weighted by molar-refractivity contribution is 9.69. The molecule has 9 N–H and O–H groups in total. The van der Waals surface area contributed by atoms with Crippen LogP contribution in [0.2, 0.25) is 0 Å². The molecule has 368 valence electrons. The van der Waals surface area contributed by atoms with Gasteiger partial charge in [0.15, 0.2) is 28.5 Å². The van der Waals surface area contributed by atoms with E-state index in [1.807, 2.05) is 91.0 Å². The number of anilines is 2. The van der Waals surface area contributed by atoms with E-state index in [-0.39, 0.29) is 51.7 Å². The van der Waals surface area contributed by atoms with Crippen molar-refractivity contribution in [1.82, 2.24) is 39.2 Å². The number of fused-ring (bicyclic) bond motifs is 2. The van der Waals surface area contributed by atoms with E-state index in [4.69, 9.17) is 36.5 Å². The van der Waals surface area contributed by atoms with Gasteiger partial charge in [-0.05, 0) is 30.5 Å². The Balaban J connectivity index is 0.000000238. The molecule has 2 unspecified atom stereocenters. The SMILES string of the molecule is BrB(Br)Br.C[C@@]1(O)[C@H](O)[C@@H](CO)OC1(O)c1cnc2c(N)ncnn12.C[C@@]1(OCc2ccccc2)[C@H](OCc2ccccc2)[C@@H](COCc2ccccc2)OC1(O)c1cnc2c(N)ncnn12.[2H]CC. The molecule has 2 saturated heterocycles. The highest BCUT2D eigenvalue weighted by Gasteiger charge is 2.67. The highest BCUT2D eigenvalue weighted by Crippen LogP contribution is 2.50. The Bertz CT molecular complexity index is 2720. The minimum absolute atomic E-state index is 0.0356. The highest BCUT2D eigenvalue weighted by atomic mass is 79.9. The van der Waals surface area contributed by atoms with E-state index >= 15 is 0 Å². The second kappa shape index (κ2) is 23.6. The van der Waals surface area contributed by atoms with Gasteiger partial charge in [-0.3, -0.25) is 0 Å². The molecule has 7 aromatic rings. The number of benzene rings is 3. The summed E-state index contributed by atoms with van der Waals surface area (Å²) in [6.07, 6.45) is 1.01. The van der Waals surface area contributed by atoms with Crippen molar-refractivity contribution in [3.63, 3.8) is 0 Å². The molecule has 2 aliphatic rings. The Kier molecular flexibility index (Phi) is 17.9. The minimum atomic E-state index is -2.32. The molecular weight excluding hydrogens is 1090 g/mol. The molecule has 0 amide bonds. The number of ether oxygens (including phenoxy) is 5. The molecular formula is C45H54BBr3N10O10. The number of rotatable bonds is 13. The molecule has 3 aromatic carbocycles. The van der Waals surface area contributed by atoms with Crippen LogP contribution in [0.4, 0.5) is 11.6 Å². The normalized spacial score (nSPS) is 26.3. The number of halogens is 3. The number of hydrogen-bond acceptors (Lipinski definition) is 18. The van der Waals surface area contributed by atoms with Crippen LogP contribution in [0.15, 0.2) is 116 Å². The fourth-order valence-corrected chi connectivity index (χ4v) is 7.82. The first-order valence-corrected chi connectivity index (χ1v) is 24.1. The maximum absolute atomic E-state index is 12.5. The van der Waals surface area contributed by atoms with E-state index in [9.17, 15) is 25.5 Å². The molecule has 8 atom stereocenters. The van der Waals surface area contributed by atoms with Gasteiger partial charge in [-0.1, -0.05) is 105 Å². The number of nitrogen functional groups attached to an aromatic ring is 2. The Morgan fingerprint density at radius 3 is 1.61 bits per heavy atom. The van der Waals surface area contributed by atoms with Gasteiger partial charge < -0.3 is 60.7 Å². The molecule has 2 aliphatic heterocycles. The van der Waals surface area contributed by atoms with Crippen LogP contribution in [0.1, 0.15) is 57.1 Å². The minimum Gasteiger partial charge on any atom is -0.394 e. The van der Waals surface area contributed by atoms with Crippen LogP contribution in [0.5, 0.6) is 0 Å². The third-order valence-electron chi connectivity index (χ3n) is 11.4. The molecule has 69 heavy (non-hydrogen) atoms. The van der Waals surface area contributed by atoms with Gasteiger partial charge in [0.05, 0.1) is 45.4 Å². The summed E-state index contributed by atoms with van der Waals surface area (Å²) in [7, 11) is 0. The zero-order valence-corrected chi connectivity index (χ0v) is 42.5. The van der Waals surface area contributed by atoms with Gasteiger partial charge in [0.1, 0.15) is 54.1 Å². The van der Waals surface area contributed by atoms with Crippen molar-refractivity contribution in [2.24, 2.45) is 0 Å². The van der Waals surface area contributed by atoms with E-state index in [0.29, 0.717) is 19.2 Å². The number of nitrogens with two attached hydrogens (primary N) is 2. The smallest absolute Gasteiger partial charge is 0.369 e. The molecule has 0 bridgehead atoms. The number of aliphatic hydroxyl groups is 5. The lowest BCUT2D eigenvalue weighted by atomic mass is 9.87. The molecule has 9 rings (SSSR count). The van der Waals surface area contributed by atoms with Crippen LogP contribution in [-0.4, -0.2) is 117 Å². The number of aliphatic hydroxyl groups excluding tert-OH is 2. The Labute approximate surface area is 424 Å². The quantitative estimate of drug-likeness (QED) is 0.0779. The van der Waals surface area contributed by atoms with Crippen LogP contribution in [0, 0.1) is 0 Å². The molecule has 4 aromatic heterocycles. The van der Waals surface area contributed by atoms with Gasteiger partial charge in [0, 0.05) is 1.37 Å². The maximum Gasteiger partial charge on any atom is 0.369 e. The van der Waals surface area contributed by atoms with Crippen LogP contribution in [0.3, 0.4) is 0 Å². The van der Waals surface area contributed by atoms with Crippen LogP contribution >= 0.6 is 47.3 Å². The summed E-state index contributed by atoms with van der Waals surface area (Å²) >= 11 is 9.31. The number of nitrogens with zero attached hydrogens (tertiary/aromatic N) is 8. The number of imidazole rings is 2. The second-order valence-corrected chi connectivity index (χ2v) is 22.2. The fraction of sp³-hybridized carbons (Fsp3) is 0.378. The second-order valence-electron chi connectivity index (χ2n) is 15.8. The van der Waals surface area contributed by atoms with Gasteiger partial charge in [-0.15, -0.1) is 47.3 Å².